The van der Waals surface area contributed by atoms with Crippen LogP contribution in [0.1, 0.15) is 62.0 Å². The van der Waals surface area contributed by atoms with Gasteiger partial charge in [-0.15, -0.1) is 11.3 Å². The maximum atomic E-state index is 13.5. The van der Waals surface area contributed by atoms with Crippen LogP contribution < -0.4 is 0 Å². The van der Waals surface area contributed by atoms with Gasteiger partial charge in [0.2, 0.25) is 0 Å². The molecule has 0 saturated heterocycles. The van der Waals surface area contributed by atoms with Crippen molar-refractivity contribution in [2.24, 2.45) is 5.92 Å². The molecule has 5 rings (SSSR count). The fourth-order valence-electron chi connectivity index (χ4n) is 5.46. The third-order valence-electron chi connectivity index (χ3n) is 7.31. The molecule has 1 aliphatic carbocycles. The molecule has 1 unspecified atom stereocenters. The zero-order chi connectivity index (χ0) is 21.8. The normalized spacial score (nSPS) is 19.1. The lowest BCUT2D eigenvalue weighted by molar-refractivity contribution is -0.125. The van der Waals surface area contributed by atoms with E-state index in [1.165, 1.54) is 40.5 Å². The highest BCUT2D eigenvalue weighted by molar-refractivity contribution is 7.17. The van der Waals surface area contributed by atoms with Gasteiger partial charge in [-0.05, 0) is 77.9 Å². The summed E-state index contributed by atoms with van der Waals surface area (Å²) in [6, 6.07) is 12.9. The summed E-state index contributed by atoms with van der Waals surface area (Å²) in [4.78, 5) is 20.1. The topological polar surface area (TPSA) is 33.2 Å². The first kappa shape index (κ1) is 21.5. The summed E-state index contributed by atoms with van der Waals surface area (Å²) >= 11 is 1.84. The molecular weight excluding hydrogens is 412 g/mol. The lowest BCUT2D eigenvalue weighted by atomic mass is 9.78. The molecule has 32 heavy (non-hydrogen) atoms. The zero-order valence-corrected chi connectivity index (χ0v) is 19.5. The maximum absolute atomic E-state index is 13.5. The highest BCUT2D eigenvalue weighted by Crippen LogP contribution is 2.34. The van der Waals surface area contributed by atoms with Gasteiger partial charge in [-0.2, -0.15) is 0 Å². The number of hydrogen-bond donors (Lipinski definition) is 0. The molecule has 1 saturated carbocycles. The second-order valence-electron chi connectivity index (χ2n) is 9.28. The van der Waals surface area contributed by atoms with Crippen LogP contribution in [0.2, 0.25) is 0 Å². The van der Waals surface area contributed by atoms with E-state index in [1.54, 1.807) is 0 Å². The number of aromatic nitrogens is 1. The summed E-state index contributed by atoms with van der Waals surface area (Å²) in [5.74, 6) is 0.723. The molecule has 166 valence electrons. The van der Waals surface area contributed by atoms with Crippen molar-refractivity contribution in [3.05, 3.63) is 71.4 Å². The van der Waals surface area contributed by atoms with Crippen LogP contribution in [-0.2, 0) is 4.79 Å². The first-order chi connectivity index (χ1) is 15.8. The molecule has 3 aromatic rings. The predicted octanol–water partition coefficient (Wildman–Crippen LogP) is 6.71. The van der Waals surface area contributed by atoms with E-state index in [-0.39, 0.29) is 11.8 Å². The molecule has 0 bridgehead atoms. The number of Topliss-reactive ketones (excluding diaryl/α,β-unsaturated/α-hetero) is 1. The third-order valence-corrected chi connectivity index (χ3v) is 8.28. The standard InChI is InChI=1S/C28H32N2OS/c31-27(23-5-2-1-3-6-23)25(21-9-15-29-16-10-21)13-19-30-17-11-22(12-18-30)26-8-4-7-24-14-20-32-28(24)26/h4,7-11,14-16,20,23,25H,1-3,5-6,12-13,17-19H2. The van der Waals surface area contributed by atoms with Crippen molar-refractivity contribution in [2.75, 3.05) is 19.6 Å². The van der Waals surface area contributed by atoms with E-state index < -0.39 is 0 Å². The molecule has 3 heterocycles. The van der Waals surface area contributed by atoms with Crippen LogP contribution in [0.4, 0.5) is 0 Å². The molecular formula is C28H32N2OS. The highest BCUT2D eigenvalue weighted by Gasteiger charge is 2.29. The Morgan fingerprint density at radius 2 is 1.94 bits per heavy atom. The van der Waals surface area contributed by atoms with Crippen LogP contribution in [0.25, 0.3) is 15.7 Å². The lowest BCUT2D eigenvalue weighted by Crippen LogP contribution is -2.32. The monoisotopic (exact) mass is 444 g/mol. The Labute approximate surface area is 195 Å². The molecule has 1 aliphatic heterocycles. The van der Waals surface area contributed by atoms with E-state index in [0.29, 0.717) is 5.78 Å². The molecule has 4 heteroatoms. The summed E-state index contributed by atoms with van der Waals surface area (Å²) < 4.78 is 1.41. The number of pyridine rings is 1. The van der Waals surface area contributed by atoms with Gasteiger partial charge in [0, 0.05) is 42.0 Å². The number of nitrogens with zero attached hydrogens (tertiary/aromatic N) is 2. The Hall–Kier alpha value is -2.30. The van der Waals surface area contributed by atoms with Crippen LogP contribution in [0.15, 0.2) is 60.2 Å². The van der Waals surface area contributed by atoms with Gasteiger partial charge in [0.05, 0.1) is 0 Å². The van der Waals surface area contributed by atoms with E-state index in [1.807, 2.05) is 35.9 Å². The summed E-state index contributed by atoms with van der Waals surface area (Å²) in [6.07, 6.45) is 13.9. The van der Waals surface area contributed by atoms with Gasteiger partial charge >= 0.3 is 0 Å². The van der Waals surface area contributed by atoms with Crippen molar-refractivity contribution in [2.45, 2.75) is 50.9 Å². The van der Waals surface area contributed by atoms with E-state index in [0.717, 1.165) is 50.9 Å². The lowest BCUT2D eigenvalue weighted by Gasteiger charge is -2.30. The molecule has 0 amide bonds. The largest absolute Gasteiger partial charge is 0.299 e. The third kappa shape index (κ3) is 4.72. The van der Waals surface area contributed by atoms with Gasteiger partial charge in [0.1, 0.15) is 5.78 Å². The number of ketones is 1. The Kier molecular flexibility index (Phi) is 6.80. The average Bonchev–Trinajstić information content (AvgIpc) is 3.35. The molecule has 1 atom stereocenters. The Bertz CT molecular complexity index is 1080. The first-order valence-corrected chi connectivity index (χ1v) is 13.0. The second kappa shape index (κ2) is 10.1. The molecule has 1 fully saturated rings. The van der Waals surface area contributed by atoms with Crippen molar-refractivity contribution >= 4 is 32.8 Å². The van der Waals surface area contributed by atoms with Crippen molar-refractivity contribution < 1.29 is 4.79 Å². The highest BCUT2D eigenvalue weighted by atomic mass is 32.1. The van der Waals surface area contributed by atoms with Crippen molar-refractivity contribution in [1.29, 1.82) is 0 Å². The second-order valence-corrected chi connectivity index (χ2v) is 10.2. The van der Waals surface area contributed by atoms with Crippen LogP contribution >= 0.6 is 11.3 Å². The molecule has 0 radical (unpaired) electrons. The number of benzene rings is 1. The van der Waals surface area contributed by atoms with Gasteiger partial charge in [-0.1, -0.05) is 43.5 Å². The van der Waals surface area contributed by atoms with E-state index in [9.17, 15) is 4.79 Å². The summed E-state index contributed by atoms with van der Waals surface area (Å²) in [6.45, 7) is 3.00. The number of thiophene rings is 1. The van der Waals surface area contributed by atoms with Crippen molar-refractivity contribution in [3.63, 3.8) is 0 Å². The van der Waals surface area contributed by atoms with Crippen LogP contribution in [-0.4, -0.2) is 35.3 Å². The van der Waals surface area contributed by atoms with Crippen molar-refractivity contribution in [1.82, 2.24) is 9.88 Å². The summed E-state index contributed by atoms with van der Waals surface area (Å²) in [7, 11) is 0. The number of carbonyl (C=O) groups is 1. The van der Waals surface area contributed by atoms with Gasteiger partial charge in [0.15, 0.2) is 0 Å². The Morgan fingerprint density at radius 3 is 2.72 bits per heavy atom. The minimum absolute atomic E-state index is 0.00587. The quantitative estimate of drug-likeness (QED) is 0.406. The van der Waals surface area contributed by atoms with Crippen molar-refractivity contribution in [3.8, 4) is 0 Å². The molecule has 2 aliphatic rings. The minimum atomic E-state index is 0.00587. The SMILES string of the molecule is O=C(C1CCCCC1)C(CCN1CC=C(c2cccc3ccsc23)CC1)c1ccncc1. The van der Waals surface area contributed by atoms with Crippen LogP contribution in [0.3, 0.4) is 0 Å². The molecule has 2 aromatic heterocycles. The van der Waals surface area contributed by atoms with Gasteiger partial charge in [0.25, 0.3) is 0 Å². The number of rotatable bonds is 7. The van der Waals surface area contributed by atoms with E-state index in [4.69, 9.17) is 0 Å². The smallest absolute Gasteiger partial charge is 0.143 e. The summed E-state index contributed by atoms with van der Waals surface area (Å²) in [5, 5.41) is 3.53. The molecule has 3 nitrogen and oxygen atoms in total. The number of carbonyl (C=O) groups excluding carboxylic acids is 1. The zero-order valence-electron chi connectivity index (χ0n) is 18.7. The maximum Gasteiger partial charge on any atom is 0.143 e. The van der Waals surface area contributed by atoms with E-state index >= 15 is 0 Å². The minimum Gasteiger partial charge on any atom is -0.299 e. The fourth-order valence-corrected chi connectivity index (χ4v) is 6.41. The predicted molar refractivity (Wildman–Crippen MR) is 134 cm³/mol. The summed E-state index contributed by atoms with van der Waals surface area (Å²) in [5.41, 5.74) is 4.02. The van der Waals surface area contributed by atoms with Gasteiger partial charge < -0.3 is 0 Å². The van der Waals surface area contributed by atoms with E-state index in [2.05, 4.69) is 45.6 Å². The number of fused-ring (bicyclic) bond motifs is 1. The van der Waals surface area contributed by atoms with Crippen LogP contribution in [0, 0.1) is 5.92 Å². The molecule has 1 aromatic carbocycles. The number of hydrogen-bond acceptors (Lipinski definition) is 4. The average molecular weight is 445 g/mol. The fraction of sp³-hybridized carbons (Fsp3) is 0.429. The molecule has 0 N–H and O–H groups in total. The van der Waals surface area contributed by atoms with Crippen LogP contribution in [0.5, 0.6) is 0 Å². The first-order valence-electron chi connectivity index (χ1n) is 12.1. The molecule has 0 spiro atoms. The van der Waals surface area contributed by atoms with Gasteiger partial charge in [-0.3, -0.25) is 14.7 Å². The Morgan fingerprint density at radius 1 is 1.09 bits per heavy atom. The Balaban J connectivity index is 1.26. The van der Waals surface area contributed by atoms with Gasteiger partial charge in [-0.25, -0.2) is 0 Å².